The molecule has 0 amide bonds. The zero-order chi connectivity index (χ0) is 61.0. The van der Waals surface area contributed by atoms with Gasteiger partial charge in [0.1, 0.15) is 35.2 Å². The molecule has 0 N–H and O–H groups in total. The Morgan fingerprint density at radius 1 is 0.237 bits per heavy atom. The molecule has 0 saturated carbocycles. The molecule has 80 heavy (non-hydrogen) atoms. The van der Waals surface area contributed by atoms with Crippen molar-refractivity contribution >= 4 is 0 Å². The van der Waals surface area contributed by atoms with Crippen molar-refractivity contribution in [2.45, 2.75) is 104 Å². The van der Waals surface area contributed by atoms with Crippen LogP contribution >= 0.6 is 0 Å². The van der Waals surface area contributed by atoms with Gasteiger partial charge in [-0.05, 0) is 206 Å². The highest BCUT2D eigenvalue weighted by Gasteiger charge is 2.19. The first-order valence-electron chi connectivity index (χ1n) is 29.4. The summed E-state index contributed by atoms with van der Waals surface area (Å²) in [6.07, 6.45) is 10.4. The van der Waals surface area contributed by atoms with Gasteiger partial charge in [-0.15, -0.1) is 0 Å². The van der Waals surface area contributed by atoms with Crippen LogP contribution in [0.4, 0.5) is 0 Å². The summed E-state index contributed by atoms with van der Waals surface area (Å²) in [4.78, 5) is 0. The average Bonchev–Trinajstić information content (AvgIpc) is 3.64. The van der Waals surface area contributed by atoms with Gasteiger partial charge in [-0.25, -0.2) is 22.8 Å². The first-order chi connectivity index (χ1) is 39.2. The molecule has 5 aromatic carbocycles. The summed E-state index contributed by atoms with van der Waals surface area (Å²) in [7, 11) is 10.4. The molecule has 0 saturated heterocycles. The number of benzene rings is 5. The summed E-state index contributed by atoms with van der Waals surface area (Å²) < 4.78 is 33.3. The monoisotopic (exact) mass is 1060 g/mol. The van der Waals surface area contributed by atoms with E-state index >= 15 is 0 Å². The van der Waals surface area contributed by atoms with E-state index < -0.39 is 6.85 Å². The number of pyridine rings is 5. The van der Waals surface area contributed by atoms with Crippen LogP contribution < -0.4 is 22.8 Å². The fraction of sp³-hybridized carbons (Fsp3) is 0.267. The van der Waals surface area contributed by atoms with Crippen LogP contribution in [0.2, 0.25) is 0 Å². The van der Waals surface area contributed by atoms with Crippen molar-refractivity contribution in [1.82, 2.24) is 0 Å². The number of rotatable bonds is 5. The predicted octanol–water partition coefficient (Wildman–Crippen LogP) is 15.5. The lowest BCUT2D eigenvalue weighted by molar-refractivity contribution is -0.660. The molecule has 5 heteroatoms. The minimum Gasteiger partial charge on any atom is -0.201 e. The number of hydrogen-bond donors (Lipinski definition) is 0. The number of aromatic nitrogens is 5. The van der Waals surface area contributed by atoms with Gasteiger partial charge in [0, 0.05) is 64.8 Å². The van der Waals surface area contributed by atoms with E-state index in [0.29, 0.717) is 5.56 Å². The maximum Gasteiger partial charge on any atom is 0.212 e. The largest absolute Gasteiger partial charge is 0.212 e. The summed E-state index contributed by atoms with van der Waals surface area (Å²) in [5, 5.41) is 0. The SMILES string of the molecule is Cc1cc(C)c(-c2cccc[n+]2C)c(C)c1.Cc1ccc(C)c(-c2cccc[n+]2C)c1C.Cc1ccc(C)c(-c2cccc[n+]2C)c1C.Cc1ccc(C)c(-c2cccc[n+]2C)c1C.[2H]C([2H])([2H])c1cc(C)c(-c2cccc[n+]2C)c(C)c1. The van der Waals surface area contributed by atoms with Crippen LogP contribution in [-0.2, 0) is 35.2 Å². The lowest BCUT2D eigenvalue weighted by Crippen LogP contribution is -2.30. The van der Waals surface area contributed by atoms with Crippen LogP contribution in [-0.4, -0.2) is 0 Å². The molecule has 0 aliphatic heterocycles. The zero-order valence-electron chi connectivity index (χ0n) is 54.6. The molecule has 0 bridgehead atoms. The fourth-order valence-corrected chi connectivity index (χ4v) is 10.9. The van der Waals surface area contributed by atoms with E-state index in [-0.39, 0.29) is 0 Å². The minimum atomic E-state index is -2.05. The molecule has 10 aromatic rings. The van der Waals surface area contributed by atoms with Gasteiger partial charge in [-0.2, -0.15) is 0 Å². The zero-order valence-corrected chi connectivity index (χ0v) is 51.6. The second-order valence-corrected chi connectivity index (χ2v) is 21.8. The Labute approximate surface area is 486 Å². The van der Waals surface area contributed by atoms with Crippen molar-refractivity contribution in [3.8, 4) is 56.3 Å². The third-order valence-electron chi connectivity index (χ3n) is 15.6. The van der Waals surface area contributed by atoms with E-state index in [4.69, 9.17) is 4.11 Å². The standard InChI is InChI=1S/5C15H18N/c3*1-11-8-9-12(2)15(13(11)3)14-7-5-6-10-16(14)4;2*1-11-9-12(2)15(13(3)10-11)14-7-5-6-8-16(14)4/h5*5-10H,1-4H3/q5*+1/i;;;1D3;. The maximum atomic E-state index is 7.51. The molecule has 0 aliphatic carbocycles. The normalized spacial score (nSPS) is 11.2. The van der Waals surface area contributed by atoms with Gasteiger partial charge in [0.05, 0.1) is 27.8 Å². The topological polar surface area (TPSA) is 19.4 Å². The highest BCUT2D eigenvalue weighted by atomic mass is 14.9. The second-order valence-electron chi connectivity index (χ2n) is 21.8. The Morgan fingerprint density at radius 2 is 0.450 bits per heavy atom. The maximum absolute atomic E-state index is 7.51. The molecule has 410 valence electrons. The van der Waals surface area contributed by atoms with E-state index in [9.17, 15) is 0 Å². The Morgan fingerprint density at radius 3 is 0.675 bits per heavy atom. The van der Waals surface area contributed by atoms with Gasteiger partial charge in [0.15, 0.2) is 31.0 Å². The van der Waals surface area contributed by atoms with Gasteiger partial charge in [-0.3, -0.25) is 0 Å². The van der Waals surface area contributed by atoms with Crippen molar-refractivity contribution in [1.29, 1.82) is 0 Å². The smallest absolute Gasteiger partial charge is 0.201 e. The number of nitrogens with zero attached hydrogens (tertiary/aromatic N) is 5. The van der Waals surface area contributed by atoms with Crippen molar-refractivity contribution in [3.05, 3.63) is 266 Å². The van der Waals surface area contributed by atoms with Crippen LogP contribution in [0.25, 0.3) is 56.3 Å². The summed E-state index contributed by atoms with van der Waals surface area (Å²) in [5.41, 5.74) is 31.4. The van der Waals surface area contributed by atoms with Crippen LogP contribution in [0.1, 0.15) is 87.6 Å². The molecule has 0 unspecified atom stereocenters. The lowest BCUT2D eigenvalue weighted by atomic mass is 9.95. The molecule has 5 heterocycles. The average molecular weight is 1060 g/mol. The van der Waals surface area contributed by atoms with Crippen molar-refractivity contribution in [3.63, 3.8) is 0 Å². The van der Waals surface area contributed by atoms with Gasteiger partial charge in [0.25, 0.3) is 0 Å². The second kappa shape index (κ2) is 27.6. The highest BCUT2D eigenvalue weighted by Crippen LogP contribution is 2.30. The molecule has 0 radical (unpaired) electrons. The Balaban J connectivity index is 0.000000167. The van der Waals surface area contributed by atoms with E-state index in [1.54, 1.807) is 12.1 Å². The molecule has 0 fully saturated rings. The van der Waals surface area contributed by atoms with Crippen LogP contribution in [0.5, 0.6) is 0 Å². The van der Waals surface area contributed by atoms with E-state index in [1.165, 1.54) is 112 Å². The van der Waals surface area contributed by atoms with E-state index in [2.05, 4.69) is 276 Å². The molecule has 5 nitrogen and oxygen atoms in total. The molecular weight excluding hydrogens is 971 g/mol. The van der Waals surface area contributed by atoms with Crippen LogP contribution in [0.3, 0.4) is 0 Å². The highest BCUT2D eigenvalue weighted by molar-refractivity contribution is 5.70. The fourth-order valence-electron chi connectivity index (χ4n) is 10.9. The molecule has 0 aliphatic rings. The number of hydrogen-bond acceptors (Lipinski definition) is 0. The van der Waals surface area contributed by atoms with Crippen molar-refractivity contribution in [2.75, 3.05) is 0 Å². The first-order valence-corrected chi connectivity index (χ1v) is 27.9. The van der Waals surface area contributed by atoms with E-state index in [0.717, 1.165) is 22.4 Å². The van der Waals surface area contributed by atoms with Crippen LogP contribution in [0.15, 0.2) is 183 Å². The quantitative estimate of drug-likeness (QED) is 0.153. The van der Waals surface area contributed by atoms with E-state index in [1.807, 2.05) is 49.9 Å². The Bertz CT molecular complexity index is 3620. The summed E-state index contributed by atoms with van der Waals surface area (Å²) in [6, 6.07) is 52.5. The molecule has 0 atom stereocenters. The minimum absolute atomic E-state index is 0.407. The molecule has 10 rings (SSSR count). The van der Waals surface area contributed by atoms with Crippen LogP contribution in [0, 0.1) is 104 Å². The Hall–Kier alpha value is -8.15. The van der Waals surface area contributed by atoms with Gasteiger partial charge in [0.2, 0.25) is 28.5 Å². The molecule has 0 spiro atoms. The predicted molar refractivity (Wildman–Crippen MR) is 336 cm³/mol. The number of aryl methyl sites for hydroxylation is 17. The van der Waals surface area contributed by atoms with Gasteiger partial charge in [-0.1, -0.05) is 71.8 Å². The Kier molecular flexibility index (Phi) is 19.5. The lowest BCUT2D eigenvalue weighted by Gasteiger charge is -2.10. The third-order valence-corrected chi connectivity index (χ3v) is 15.6. The first kappa shape index (κ1) is 56.6. The molecular formula is C75H90N5+5. The van der Waals surface area contributed by atoms with Gasteiger partial charge < -0.3 is 0 Å². The van der Waals surface area contributed by atoms with Crippen molar-refractivity contribution < 1.29 is 26.9 Å². The third kappa shape index (κ3) is 14.7. The summed E-state index contributed by atoms with van der Waals surface area (Å²) >= 11 is 0. The van der Waals surface area contributed by atoms with Crippen molar-refractivity contribution in [2.24, 2.45) is 35.2 Å². The van der Waals surface area contributed by atoms with Gasteiger partial charge >= 0.3 is 0 Å². The summed E-state index contributed by atoms with van der Waals surface area (Å²) in [6.45, 7) is 28.0. The summed E-state index contributed by atoms with van der Waals surface area (Å²) in [5.74, 6) is 0. The molecule has 5 aromatic heterocycles.